The van der Waals surface area contributed by atoms with Gasteiger partial charge < -0.3 is 15.1 Å². The third kappa shape index (κ3) is 5.40. The fourth-order valence-electron chi connectivity index (χ4n) is 6.06. The van der Waals surface area contributed by atoms with Crippen LogP contribution in [0.4, 0.5) is 5.82 Å². The van der Waals surface area contributed by atoms with Gasteiger partial charge in [-0.05, 0) is 76.8 Å². The molecule has 2 fully saturated rings. The van der Waals surface area contributed by atoms with Gasteiger partial charge in [-0.15, -0.1) is 0 Å². The summed E-state index contributed by atoms with van der Waals surface area (Å²) in [5, 5.41) is 4.24. The molecule has 1 aromatic heterocycles. The molecule has 2 aromatic carbocycles. The Hall–Kier alpha value is -3.04. The third-order valence-electron chi connectivity index (χ3n) is 8.33. The molecule has 1 saturated carbocycles. The van der Waals surface area contributed by atoms with Crippen molar-refractivity contribution in [2.45, 2.75) is 68.6 Å². The van der Waals surface area contributed by atoms with Gasteiger partial charge in [0.2, 0.25) is 5.91 Å². The first-order chi connectivity index (χ1) is 18.2. The fourth-order valence-corrected chi connectivity index (χ4v) is 7.75. The van der Waals surface area contributed by atoms with E-state index in [1.54, 1.807) is 24.3 Å². The Morgan fingerprint density at radius 2 is 1.76 bits per heavy atom. The van der Waals surface area contributed by atoms with Gasteiger partial charge in [-0.2, -0.15) is 0 Å². The number of fused-ring (bicyclic) bond motifs is 1. The van der Waals surface area contributed by atoms with Gasteiger partial charge in [0, 0.05) is 30.1 Å². The number of para-hydroxylation sites is 1. The molecule has 1 aliphatic heterocycles. The van der Waals surface area contributed by atoms with E-state index < -0.39 is 15.9 Å². The Kier molecular flexibility index (Phi) is 7.68. The minimum Gasteiger partial charge on any atom is -0.358 e. The van der Waals surface area contributed by atoms with Crippen LogP contribution >= 0.6 is 0 Å². The zero-order valence-electron chi connectivity index (χ0n) is 22.3. The molecule has 2 heterocycles. The number of carbonyl (C=O) groups excluding carboxylic acids is 1. The highest BCUT2D eigenvalue weighted by Crippen LogP contribution is 2.36. The van der Waals surface area contributed by atoms with Crippen LogP contribution in [0.25, 0.3) is 10.9 Å². The van der Waals surface area contributed by atoms with Gasteiger partial charge in [0.25, 0.3) is 0 Å². The van der Waals surface area contributed by atoms with E-state index in [0.717, 1.165) is 30.2 Å². The lowest BCUT2D eigenvalue weighted by Gasteiger charge is -2.44. The first kappa shape index (κ1) is 26.6. The number of nitrogens with zero attached hydrogens (tertiary/aromatic N) is 4. The average molecular weight is 536 g/mol. The second kappa shape index (κ2) is 11.0. The number of hydrogen-bond acceptors (Lipinski definition) is 7. The largest absolute Gasteiger partial charge is 0.358 e. The van der Waals surface area contributed by atoms with Crippen LogP contribution in [0.5, 0.6) is 0 Å². The van der Waals surface area contributed by atoms with Crippen molar-refractivity contribution in [3.8, 4) is 0 Å². The summed E-state index contributed by atoms with van der Waals surface area (Å²) in [6.45, 7) is 4.94. The molecular weight excluding hydrogens is 498 g/mol. The van der Waals surface area contributed by atoms with Gasteiger partial charge in [-0.25, -0.2) is 18.4 Å². The van der Waals surface area contributed by atoms with Crippen LogP contribution in [-0.2, 0) is 14.6 Å². The molecule has 5 rings (SSSR count). The lowest BCUT2D eigenvalue weighted by molar-refractivity contribution is -0.132. The quantitative estimate of drug-likeness (QED) is 0.466. The number of anilines is 1. The number of amides is 1. The number of benzene rings is 2. The summed E-state index contributed by atoms with van der Waals surface area (Å²) in [4.78, 5) is 27.1. The number of nitrogens with one attached hydrogen (secondary N) is 1. The Bertz CT molecular complexity index is 1380. The topological polar surface area (TPSA) is 95.5 Å². The normalized spacial score (nSPS) is 24.4. The summed E-state index contributed by atoms with van der Waals surface area (Å²) in [7, 11) is -1.37. The van der Waals surface area contributed by atoms with E-state index in [9.17, 15) is 13.2 Å². The summed E-state index contributed by atoms with van der Waals surface area (Å²) in [6.07, 6.45) is 4.66. The molecule has 9 heteroatoms. The second-order valence-corrected chi connectivity index (χ2v) is 12.9. The van der Waals surface area contributed by atoms with Crippen molar-refractivity contribution in [1.82, 2.24) is 19.8 Å². The number of aromatic nitrogens is 2. The first-order valence-electron chi connectivity index (χ1n) is 13.5. The number of hydrogen-bond donors (Lipinski definition) is 1. The Morgan fingerprint density at radius 1 is 1.03 bits per heavy atom. The third-order valence-corrected chi connectivity index (χ3v) is 10.2. The van der Waals surface area contributed by atoms with Gasteiger partial charge >= 0.3 is 0 Å². The number of carbonyl (C=O) groups is 1. The summed E-state index contributed by atoms with van der Waals surface area (Å²) in [5.74, 6) is 0.585. The van der Waals surface area contributed by atoms with E-state index in [2.05, 4.69) is 41.1 Å². The summed E-state index contributed by atoms with van der Waals surface area (Å²) in [5.41, 5.74) is 0.825. The maximum atomic E-state index is 13.7. The van der Waals surface area contributed by atoms with Crippen molar-refractivity contribution in [3.63, 3.8) is 0 Å². The van der Waals surface area contributed by atoms with Crippen LogP contribution in [0.2, 0.25) is 0 Å². The van der Waals surface area contributed by atoms with Crippen molar-refractivity contribution in [1.29, 1.82) is 0 Å². The average Bonchev–Trinajstić information content (AvgIpc) is 3.28. The molecule has 0 unspecified atom stereocenters. The number of rotatable bonds is 8. The Balaban J connectivity index is 1.37. The van der Waals surface area contributed by atoms with Gasteiger partial charge in [0.15, 0.2) is 9.84 Å². The molecule has 1 aliphatic carbocycles. The van der Waals surface area contributed by atoms with Crippen LogP contribution in [0.3, 0.4) is 0 Å². The highest BCUT2D eigenvalue weighted by atomic mass is 32.2. The van der Waals surface area contributed by atoms with E-state index in [4.69, 9.17) is 0 Å². The molecule has 38 heavy (non-hydrogen) atoms. The van der Waals surface area contributed by atoms with Crippen molar-refractivity contribution in [2.75, 3.05) is 24.7 Å². The zero-order valence-corrected chi connectivity index (χ0v) is 23.1. The van der Waals surface area contributed by atoms with E-state index >= 15 is 0 Å². The molecule has 2 aliphatic rings. The van der Waals surface area contributed by atoms with Crippen molar-refractivity contribution < 1.29 is 13.2 Å². The summed E-state index contributed by atoms with van der Waals surface area (Å²) in [6, 6.07) is 16.6. The molecule has 1 saturated heterocycles. The lowest BCUT2D eigenvalue weighted by atomic mass is 9.81. The van der Waals surface area contributed by atoms with Crippen LogP contribution in [0.1, 0.15) is 39.5 Å². The van der Waals surface area contributed by atoms with Gasteiger partial charge in [-0.1, -0.05) is 30.3 Å². The molecule has 202 valence electrons. The van der Waals surface area contributed by atoms with E-state index in [1.807, 2.05) is 35.2 Å². The molecule has 1 N–H and O–H groups in total. The highest BCUT2D eigenvalue weighted by Gasteiger charge is 2.44. The van der Waals surface area contributed by atoms with Crippen LogP contribution < -0.4 is 5.32 Å². The molecular formula is C29H37N5O3S. The lowest BCUT2D eigenvalue weighted by Crippen LogP contribution is -2.52. The smallest absolute Gasteiger partial charge is 0.245 e. The van der Waals surface area contributed by atoms with Gasteiger partial charge in [0.05, 0.1) is 16.2 Å². The van der Waals surface area contributed by atoms with Gasteiger partial charge in [0.1, 0.15) is 18.2 Å². The first-order valence-corrected chi connectivity index (χ1v) is 15.2. The minimum absolute atomic E-state index is 0.0236. The molecule has 1 amide bonds. The summed E-state index contributed by atoms with van der Waals surface area (Å²) < 4.78 is 26.9. The van der Waals surface area contributed by atoms with Crippen LogP contribution in [0, 0.1) is 5.92 Å². The maximum Gasteiger partial charge on any atom is 0.245 e. The van der Waals surface area contributed by atoms with Crippen LogP contribution in [0.15, 0.2) is 65.8 Å². The molecule has 8 nitrogen and oxygen atoms in total. The molecule has 0 spiro atoms. The SMILES string of the molecule is CC(C)N(C)[C@@H]1CC[C@H](N2CC[C@H](Nc3ncnc4ccccc34)C2=O)[C@@H](CS(=O)(=O)c2ccccc2)C1. The Labute approximate surface area is 225 Å². The van der Waals surface area contributed by atoms with E-state index in [0.29, 0.717) is 35.8 Å². The fraction of sp³-hybridized carbons (Fsp3) is 0.483. The highest BCUT2D eigenvalue weighted by molar-refractivity contribution is 7.91. The predicted molar refractivity (Wildman–Crippen MR) is 150 cm³/mol. The van der Waals surface area contributed by atoms with E-state index in [1.165, 1.54) is 6.33 Å². The second-order valence-electron chi connectivity index (χ2n) is 10.9. The van der Waals surface area contributed by atoms with Crippen molar-refractivity contribution in [3.05, 3.63) is 60.9 Å². The predicted octanol–water partition coefficient (Wildman–Crippen LogP) is 3.99. The molecule has 0 bridgehead atoms. The standard InChI is InChI=1S/C29H37N5O3S/c1-20(2)33(3)22-13-14-27(21(17-22)18-38(36,37)23-9-5-4-6-10-23)34-16-15-26(29(34)35)32-28-24-11-7-8-12-25(24)30-19-31-28/h4-12,19-22,26-27H,13-18H2,1-3H3,(H,30,31,32)/t21-,22-,26+,27+/m1/s1. The number of likely N-dealkylation sites (tertiary alicyclic amines) is 1. The monoisotopic (exact) mass is 535 g/mol. The van der Waals surface area contributed by atoms with Gasteiger partial charge in [-0.3, -0.25) is 4.79 Å². The zero-order chi connectivity index (χ0) is 26.9. The summed E-state index contributed by atoms with van der Waals surface area (Å²) >= 11 is 0. The number of sulfone groups is 1. The van der Waals surface area contributed by atoms with Crippen molar-refractivity contribution in [2.24, 2.45) is 5.92 Å². The maximum absolute atomic E-state index is 13.7. The van der Waals surface area contributed by atoms with E-state index in [-0.39, 0.29) is 23.6 Å². The van der Waals surface area contributed by atoms with Crippen molar-refractivity contribution >= 4 is 32.5 Å². The Morgan fingerprint density at radius 3 is 2.53 bits per heavy atom. The minimum atomic E-state index is -3.48. The molecule has 3 aromatic rings. The van der Waals surface area contributed by atoms with Crippen LogP contribution in [-0.4, -0.2) is 77.6 Å². The molecule has 0 radical (unpaired) electrons. The molecule has 4 atom stereocenters.